The molecule has 0 bridgehead atoms. The van der Waals surface area contributed by atoms with Crippen LogP contribution in [0.25, 0.3) is 20.4 Å². The molecule has 4 aromatic rings. The van der Waals surface area contributed by atoms with Gasteiger partial charge in [0.1, 0.15) is 0 Å². The fraction of sp³-hybridized carbons (Fsp3) is 0.750. The summed E-state index contributed by atoms with van der Waals surface area (Å²) < 4.78 is 14.0. The first-order chi connectivity index (χ1) is 32.9. The summed E-state index contributed by atoms with van der Waals surface area (Å²) in [7, 11) is 9.32. The van der Waals surface area contributed by atoms with Crippen molar-refractivity contribution in [2.45, 2.75) is 242 Å². The highest BCUT2D eigenvalue weighted by Crippen LogP contribution is 2.44. The van der Waals surface area contributed by atoms with Gasteiger partial charge >= 0.3 is 0 Å². The summed E-state index contributed by atoms with van der Waals surface area (Å²) in [5.41, 5.74) is 3.43. The Kier molecular flexibility index (Phi) is 33.8. The molecule has 2 aromatic carbocycles. The SMILES string of the molecule is COC(CCCCCCCCCCCCCCCC(CSSSCC(CCCCCCCCCCCCCCCC(OC)[Si](C)C)c1nc2ccccc2s1)c1nc2ccccc2s1)[Si](C)C. The van der Waals surface area contributed by atoms with E-state index in [-0.39, 0.29) is 17.6 Å². The Hall–Kier alpha value is -0.376. The van der Waals surface area contributed by atoms with Gasteiger partial charge in [-0.15, -0.1) is 22.7 Å². The second kappa shape index (κ2) is 38.3. The molecule has 0 saturated carbocycles. The van der Waals surface area contributed by atoms with Crippen LogP contribution in [0, 0.1) is 0 Å². The summed E-state index contributed by atoms with van der Waals surface area (Å²) in [6.45, 7) is 9.51. The van der Waals surface area contributed by atoms with E-state index in [2.05, 4.69) is 96.3 Å². The number of hydrogen-bond donors (Lipinski definition) is 0. The van der Waals surface area contributed by atoms with Crippen LogP contribution in [0.2, 0.25) is 26.2 Å². The Bertz CT molecular complexity index is 1580. The maximum atomic E-state index is 5.68. The quantitative estimate of drug-likeness (QED) is 0.0248. The molecule has 11 heteroatoms. The van der Waals surface area contributed by atoms with Crippen LogP contribution in [-0.4, -0.2) is 64.7 Å². The average molecular weight is 1040 g/mol. The Balaban J connectivity index is 1.08. The molecule has 4 nitrogen and oxygen atoms in total. The molecule has 0 aliphatic carbocycles. The van der Waals surface area contributed by atoms with Crippen molar-refractivity contribution in [1.29, 1.82) is 0 Å². The number of fused-ring (bicyclic) bond motifs is 2. The van der Waals surface area contributed by atoms with Crippen molar-refractivity contribution in [3.05, 3.63) is 58.5 Å². The Morgan fingerprint density at radius 3 is 0.985 bits per heavy atom. The number of nitrogens with zero attached hydrogens (tertiary/aromatic N) is 2. The van der Waals surface area contributed by atoms with Crippen molar-refractivity contribution in [2.24, 2.45) is 0 Å². The first-order valence-corrected chi connectivity index (χ1v) is 37.8. The van der Waals surface area contributed by atoms with Gasteiger partial charge in [-0.1, -0.05) is 239 Å². The molecule has 378 valence electrons. The van der Waals surface area contributed by atoms with Crippen LogP contribution in [0.15, 0.2) is 48.5 Å². The van der Waals surface area contributed by atoms with Gasteiger partial charge in [0.25, 0.3) is 0 Å². The van der Waals surface area contributed by atoms with Crippen molar-refractivity contribution in [3.8, 4) is 0 Å². The molecule has 4 unspecified atom stereocenters. The maximum absolute atomic E-state index is 5.68. The highest BCUT2D eigenvalue weighted by atomic mass is 33.5. The maximum Gasteiger partial charge on any atom is 0.0978 e. The Labute approximate surface area is 434 Å². The molecule has 0 aliphatic heterocycles. The van der Waals surface area contributed by atoms with Crippen LogP contribution in [-0.2, 0) is 9.47 Å². The number of benzene rings is 2. The zero-order valence-electron chi connectivity index (χ0n) is 43.3. The van der Waals surface area contributed by atoms with Gasteiger partial charge in [-0.2, -0.15) is 0 Å². The fourth-order valence-electron chi connectivity index (χ4n) is 9.55. The second-order valence-corrected chi connectivity index (χ2v) is 32.1. The molecule has 0 aliphatic rings. The van der Waals surface area contributed by atoms with Crippen molar-refractivity contribution < 1.29 is 9.47 Å². The average Bonchev–Trinajstić information content (AvgIpc) is 3.97. The lowest BCUT2D eigenvalue weighted by Crippen LogP contribution is -2.26. The van der Waals surface area contributed by atoms with Crippen LogP contribution in [0.1, 0.15) is 214 Å². The highest BCUT2D eigenvalue weighted by molar-refractivity contribution is 9.09. The molecule has 2 aromatic heterocycles. The number of methoxy groups -OCH3 is 2. The largest absolute Gasteiger partial charge is 0.385 e. The van der Waals surface area contributed by atoms with Crippen LogP contribution in [0.3, 0.4) is 0 Å². The number of para-hydroxylation sites is 2. The van der Waals surface area contributed by atoms with E-state index in [0.29, 0.717) is 23.3 Å². The highest BCUT2D eigenvalue weighted by Gasteiger charge is 2.20. The lowest BCUT2D eigenvalue weighted by Gasteiger charge is -2.17. The normalized spacial score (nSPS) is 14.0. The third kappa shape index (κ3) is 25.7. The van der Waals surface area contributed by atoms with Gasteiger partial charge in [0.05, 0.1) is 48.0 Å². The third-order valence-corrected chi connectivity index (χ3v) is 24.3. The van der Waals surface area contributed by atoms with Crippen molar-refractivity contribution in [1.82, 2.24) is 9.97 Å². The topological polar surface area (TPSA) is 44.2 Å². The molecule has 4 atom stereocenters. The number of ether oxygens (including phenoxy) is 2. The van der Waals surface area contributed by atoms with Crippen LogP contribution in [0.4, 0.5) is 0 Å². The molecule has 2 radical (unpaired) electrons. The number of hydrogen-bond acceptors (Lipinski definition) is 9. The summed E-state index contributed by atoms with van der Waals surface area (Å²) in [6.07, 6.45) is 41.3. The first kappa shape index (κ1) is 59.2. The number of thiazole rings is 2. The zero-order valence-corrected chi connectivity index (χ0v) is 49.4. The summed E-state index contributed by atoms with van der Waals surface area (Å²) >= 11 is 3.87. The number of rotatable bonds is 44. The summed E-state index contributed by atoms with van der Waals surface area (Å²) in [6, 6.07) is 17.5. The minimum atomic E-state index is -0.318. The van der Waals surface area contributed by atoms with Gasteiger partial charge in [-0.3, -0.25) is 0 Å². The predicted molar refractivity (Wildman–Crippen MR) is 312 cm³/mol. The lowest BCUT2D eigenvalue weighted by molar-refractivity contribution is 0.151. The molecule has 0 spiro atoms. The van der Waals surface area contributed by atoms with Gasteiger partial charge in [0.15, 0.2) is 0 Å². The van der Waals surface area contributed by atoms with Crippen molar-refractivity contribution in [3.63, 3.8) is 0 Å². The van der Waals surface area contributed by atoms with Gasteiger partial charge < -0.3 is 9.47 Å². The molecule has 2 heterocycles. The van der Waals surface area contributed by atoms with E-state index in [0.717, 1.165) is 11.5 Å². The molecule has 4 rings (SSSR count). The van der Waals surface area contributed by atoms with E-state index in [9.17, 15) is 0 Å². The number of aromatic nitrogens is 2. The molecule has 0 saturated heterocycles. The summed E-state index contributed by atoms with van der Waals surface area (Å²) in [5, 5.41) is 2.70. The number of unbranched alkanes of at least 4 members (excludes halogenated alkanes) is 24. The molecular weight excluding hydrogens is 949 g/mol. The van der Waals surface area contributed by atoms with Crippen molar-refractivity contribution in [2.75, 3.05) is 25.7 Å². The van der Waals surface area contributed by atoms with Gasteiger partial charge in [0.2, 0.25) is 0 Å². The molecule has 0 amide bonds. The molecule has 67 heavy (non-hydrogen) atoms. The lowest BCUT2D eigenvalue weighted by atomic mass is 10.0. The van der Waals surface area contributed by atoms with Crippen LogP contribution >= 0.6 is 54.1 Å². The minimum Gasteiger partial charge on any atom is -0.385 e. The third-order valence-electron chi connectivity index (χ3n) is 13.8. The standard InChI is InChI=1S/C56H94N2O2S5Si2/c1-59-53(66(3)4)43-31-27-23-19-15-11-7-9-13-17-21-25-29-37-47(55-57-49-39-33-35-41-51(49)63-55)45-61-65-62-46-48(56-58-50-40-34-36-42-52(50)64-56)38-30-26-22-18-14-10-8-12-16-20-24-28-32-44-54(60-2)67(5)6/h33-36,39-42,47-48,53-54H,7-32,37-38,43-46H2,1-6H3. The van der Waals surface area contributed by atoms with E-state index in [1.54, 1.807) is 0 Å². The smallest absolute Gasteiger partial charge is 0.0978 e. The van der Waals surface area contributed by atoms with Crippen molar-refractivity contribution >= 4 is 92.1 Å². The van der Waals surface area contributed by atoms with E-state index in [1.165, 1.54) is 223 Å². The Morgan fingerprint density at radius 1 is 0.418 bits per heavy atom. The minimum absolute atomic E-state index is 0.318. The second-order valence-electron chi connectivity index (χ2n) is 20.0. The molecule has 0 fully saturated rings. The summed E-state index contributed by atoms with van der Waals surface area (Å²) in [4.78, 5) is 10.4. The van der Waals surface area contributed by atoms with Gasteiger partial charge in [0, 0.05) is 49.0 Å². The summed E-state index contributed by atoms with van der Waals surface area (Å²) in [5.74, 6) is 3.36. The first-order valence-electron chi connectivity index (χ1n) is 27.2. The van der Waals surface area contributed by atoms with Gasteiger partial charge in [-0.05, 0) is 59.8 Å². The van der Waals surface area contributed by atoms with E-state index in [1.807, 2.05) is 46.7 Å². The van der Waals surface area contributed by atoms with E-state index in [4.69, 9.17) is 19.4 Å². The molecular formula is C56H94N2O2S5Si2. The molecule has 0 N–H and O–H groups in total. The zero-order chi connectivity index (χ0) is 47.6. The van der Waals surface area contributed by atoms with Crippen LogP contribution in [0.5, 0.6) is 0 Å². The van der Waals surface area contributed by atoms with Crippen LogP contribution < -0.4 is 0 Å². The van der Waals surface area contributed by atoms with E-state index < -0.39 is 0 Å². The van der Waals surface area contributed by atoms with Gasteiger partial charge in [-0.25, -0.2) is 9.97 Å². The van der Waals surface area contributed by atoms with E-state index >= 15 is 0 Å². The monoisotopic (exact) mass is 1040 g/mol. The fourth-order valence-corrected chi connectivity index (χ4v) is 18.8. The Morgan fingerprint density at radius 2 is 0.701 bits per heavy atom. The predicted octanol–water partition coefficient (Wildman–Crippen LogP) is 20.1.